The maximum atomic E-state index is 12.5. The zero-order chi connectivity index (χ0) is 15.7. The van der Waals surface area contributed by atoms with Gasteiger partial charge in [0.2, 0.25) is 0 Å². The third-order valence-electron chi connectivity index (χ3n) is 4.24. The Kier molecular flexibility index (Phi) is 3.96. The predicted octanol–water partition coefficient (Wildman–Crippen LogP) is 1.03. The minimum absolute atomic E-state index is 0.243. The topological polar surface area (TPSA) is 89.5 Å². The summed E-state index contributed by atoms with van der Waals surface area (Å²) in [6.45, 7) is 0. The van der Waals surface area contributed by atoms with E-state index in [1.807, 2.05) is 30.3 Å². The van der Waals surface area contributed by atoms with Gasteiger partial charge in [0.05, 0.1) is 17.8 Å². The summed E-state index contributed by atoms with van der Waals surface area (Å²) in [6.07, 6.45) is -0.571. The molecule has 0 bridgehead atoms. The Labute approximate surface area is 128 Å². The molecule has 1 aliphatic rings. The molecule has 1 heterocycles. The molecule has 3 N–H and O–H groups in total. The lowest BCUT2D eigenvalue weighted by Crippen LogP contribution is -2.44. The minimum atomic E-state index is -0.898. The number of H-pyrrole nitrogens is 1. The van der Waals surface area contributed by atoms with Crippen molar-refractivity contribution in [2.24, 2.45) is 0 Å². The Balaban J connectivity index is 1.77. The number of amides is 1. The van der Waals surface area contributed by atoms with Crippen LogP contribution in [0.2, 0.25) is 0 Å². The van der Waals surface area contributed by atoms with Crippen LogP contribution in [0.3, 0.4) is 0 Å². The summed E-state index contributed by atoms with van der Waals surface area (Å²) >= 11 is 0. The normalized spacial score (nSPS) is 24.4. The Bertz CT molecular complexity index is 656. The maximum Gasteiger partial charge on any atom is 0.271 e. The summed E-state index contributed by atoms with van der Waals surface area (Å²) in [5.74, 6) is -0.243. The maximum absolute atomic E-state index is 12.5. The van der Waals surface area contributed by atoms with E-state index in [0.717, 1.165) is 5.56 Å². The number of carbonyl (C=O) groups is 1. The predicted molar refractivity (Wildman–Crippen MR) is 81.2 cm³/mol. The zero-order valence-corrected chi connectivity index (χ0v) is 12.3. The highest BCUT2D eigenvalue weighted by Gasteiger charge is 2.38. The summed E-state index contributed by atoms with van der Waals surface area (Å²) < 4.78 is 0. The van der Waals surface area contributed by atoms with Gasteiger partial charge in [0, 0.05) is 12.6 Å². The van der Waals surface area contributed by atoms with E-state index in [4.69, 9.17) is 0 Å². The molecule has 22 heavy (non-hydrogen) atoms. The Hall–Kier alpha value is -2.18. The Morgan fingerprint density at radius 2 is 2.00 bits per heavy atom. The first kappa shape index (κ1) is 14.7. The first-order valence-electron chi connectivity index (χ1n) is 7.32. The molecular formula is C16H19N3O3. The standard InChI is InChI=1S/C16H19N3O3/c1-19(13-7-8-14(20)15(13)21)16(22)12-9-11(17-18-12)10-5-3-2-4-6-10/h2-6,9,13-15,20-21H,7-8H2,1H3,(H,17,18)/t13-,14-,15-/m1/s1. The molecule has 1 aromatic carbocycles. The molecule has 1 amide bonds. The molecular weight excluding hydrogens is 282 g/mol. The molecule has 3 atom stereocenters. The number of benzene rings is 1. The molecule has 0 spiro atoms. The van der Waals surface area contributed by atoms with Gasteiger partial charge in [-0.3, -0.25) is 9.89 Å². The van der Waals surface area contributed by atoms with Crippen LogP contribution in [-0.2, 0) is 0 Å². The number of aromatic nitrogens is 2. The monoisotopic (exact) mass is 301 g/mol. The number of aliphatic hydroxyl groups excluding tert-OH is 2. The number of rotatable bonds is 3. The van der Waals surface area contributed by atoms with Gasteiger partial charge in [-0.15, -0.1) is 0 Å². The van der Waals surface area contributed by atoms with Crippen molar-refractivity contribution in [1.82, 2.24) is 15.1 Å². The van der Waals surface area contributed by atoms with E-state index in [1.54, 1.807) is 13.1 Å². The second-order valence-electron chi connectivity index (χ2n) is 5.65. The zero-order valence-electron chi connectivity index (χ0n) is 12.3. The average molecular weight is 301 g/mol. The van der Waals surface area contributed by atoms with Gasteiger partial charge in [-0.1, -0.05) is 30.3 Å². The van der Waals surface area contributed by atoms with E-state index < -0.39 is 12.2 Å². The number of aliphatic hydroxyl groups is 2. The van der Waals surface area contributed by atoms with Crippen LogP contribution in [0.5, 0.6) is 0 Å². The number of likely N-dealkylation sites (N-methyl/N-ethyl adjacent to an activating group) is 1. The van der Waals surface area contributed by atoms with Crippen molar-refractivity contribution >= 4 is 5.91 Å². The summed E-state index contributed by atoms with van der Waals surface area (Å²) in [5, 5.41) is 26.5. The molecule has 0 radical (unpaired) electrons. The third-order valence-corrected chi connectivity index (χ3v) is 4.24. The van der Waals surface area contributed by atoms with Crippen LogP contribution in [0.4, 0.5) is 0 Å². The molecule has 1 aliphatic carbocycles. The minimum Gasteiger partial charge on any atom is -0.390 e. The SMILES string of the molecule is CN(C(=O)c1cc(-c2ccccc2)n[nH]1)[C@@H]1CC[C@@H](O)[C@@H]1O. The van der Waals surface area contributed by atoms with E-state index in [9.17, 15) is 15.0 Å². The van der Waals surface area contributed by atoms with Crippen molar-refractivity contribution in [1.29, 1.82) is 0 Å². The molecule has 116 valence electrons. The van der Waals surface area contributed by atoms with Crippen LogP contribution >= 0.6 is 0 Å². The highest BCUT2D eigenvalue weighted by Crippen LogP contribution is 2.25. The van der Waals surface area contributed by atoms with E-state index in [1.165, 1.54) is 4.90 Å². The molecule has 6 nitrogen and oxygen atoms in total. The molecule has 0 aliphatic heterocycles. The molecule has 0 unspecified atom stereocenters. The summed E-state index contributed by atoms with van der Waals surface area (Å²) in [4.78, 5) is 14.0. The van der Waals surface area contributed by atoms with Crippen LogP contribution in [0.15, 0.2) is 36.4 Å². The highest BCUT2D eigenvalue weighted by molar-refractivity contribution is 5.93. The van der Waals surface area contributed by atoms with E-state index in [2.05, 4.69) is 10.2 Å². The first-order chi connectivity index (χ1) is 10.6. The Morgan fingerprint density at radius 3 is 2.64 bits per heavy atom. The summed E-state index contributed by atoms with van der Waals surface area (Å²) in [5.41, 5.74) is 2.00. The van der Waals surface area contributed by atoms with E-state index >= 15 is 0 Å². The third kappa shape index (κ3) is 2.63. The van der Waals surface area contributed by atoms with Gasteiger partial charge < -0.3 is 15.1 Å². The fourth-order valence-corrected chi connectivity index (χ4v) is 2.89. The lowest BCUT2D eigenvalue weighted by molar-refractivity contribution is 0.00642. The average Bonchev–Trinajstić information content (AvgIpc) is 3.15. The fourth-order valence-electron chi connectivity index (χ4n) is 2.89. The van der Waals surface area contributed by atoms with Crippen molar-refractivity contribution in [2.75, 3.05) is 7.05 Å². The van der Waals surface area contributed by atoms with Gasteiger partial charge in [-0.05, 0) is 18.9 Å². The van der Waals surface area contributed by atoms with Gasteiger partial charge in [-0.2, -0.15) is 5.10 Å². The van der Waals surface area contributed by atoms with Crippen LogP contribution in [-0.4, -0.2) is 56.5 Å². The fraction of sp³-hybridized carbons (Fsp3) is 0.375. The van der Waals surface area contributed by atoms with Crippen molar-refractivity contribution in [3.8, 4) is 11.3 Å². The van der Waals surface area contributed by atoms with E-state index in [0.29, 0.717) is 24.2 Å². The van der Waals surface area contributed by atoms with Gasteiger partial charge in [-0.25, -0.2) is 0 Å². The molecule has 3 rings (SSSR count). The lowest BCUT2D eigenvalue weighted by atomic mass is 10.1. The first-order valence-corrected chi connectivity index (χ1v) is 7.32. The van der Waals surface area contributed by atoms with Crippen LogP contribution in [0, 0.1) is 0 Å². The number of carbonyl (C=O) groups excluding carboxylic acids is 1. The molecule has 2 aromatic rings. The quantitative estimate of drug-likeness (QED) is 0.790. The smallest absolute Gasteiger partial charge is 0.271 e. The van der Waals surface area contributed by atoms with Crippen molar-refractivity contribution < 1.29 is 15.0 Å². The van der Waals surface area contributed by atoms with E-state index in [-0.39, 0.29) is 11.9 Å². The largest absolute Gasteiger partial charge is 0.390 e. The molecule has 1 fully saturated rings. The van der Waals surface area contributed by atoms with Gasteiger partial charge in [0.1, 0.15) is 11.8 Å². The summed E-state index contributed by atoms with van der Waals surface area (Å²) in [7, 11) is 1.64. The van der Waals surface area contributed by atoms with Crippen LogP contribution in [0.25, 0.3) is 11.3 Å². The number of nitrogens with zero attached hydrogens (tertiary/aromatic N) is 2. The molecule has 6 heteroatoms. The number of hydrogen-bond donors (Lipinski definition) is 3. The van der Waals surface area contributed by atoms with Crippen molar-refractivity contribution in [2.45, 2.75) is 31.1 Å². The van der Waals surface area contributed by atoms with Crippen LogP contribution < -0.4 is 0 Å². The number of aromatic amines is 1. The molecule has 0 saturated heterocycles. The van der Waals surface area contributed by atoms with Crippen molar-refractivity contribution in [3.05, 3.63) is 42.1 Å². The molecule has 1 saturated carbocycles. The second-order valence-corrected chi connectivity index (χ2v) is 5.65. The summed E-state index contributed by atoms with van der Waals surface area (Å²) in [6, 6.07) is 10.9. The van der Waals surface area contributed by atoms with Gasteiger partial charge in [0.15, 0.2) is 0 Å². The van der Waals surface area contributed by atoms with Gasteiger partial charge >= 0.3 is 0 Å². The van der Waals surface area contributed by atoms with Gasteiger partial charge in [0.25, 0.3) is 5.91 Å². The van der Waals surface area contributed by atoms with Crippen molar-refractivity contribution in [3.63, 3.8) is 0 Å². The highest BCUT2D eigenvalue weighted by atomic mass is 16.3. The van der Waals surface area contributed by atoms with Crippen LogP contribution in [0.1, 0.15) is 23.3 Å². The Morgan fingerprint density at radius 1 is 1.27 bits per heavy atom. The second kappa shape index (κ2) is 5.90. The number of hydrogen-bond acceptors (Lipinski definition) is 4. The lowest BCUT2D eigenvalue weighted by Gasteiger charge is -2.27. The number of nitrogens with one attached hydrogen (secondary N) is 1. The molecule has 1 aromatic heterocycles.